The SMILES string of the molecule is CC.N=C(N)c1ccc(F)cc1N. The van der Waals surface area contributed by atoms with Crippen LogP contribution in [0.5, 0.6) is 0 Å². The van der Waals surface area contributed by atoms with Crippen LogP contribution in [-0.2, 0) is 0 Å². The molecule has 0 aliphatic carbocycles. The highest BCUT2D eigenvalue weighted by atomic mass is 19.1. The van der Waals surface area contributed by atoms with Crippen LogP contribution in [0.3, 0.4) is 0 Å². The summed E-state index contributed by atoms with van der Waals surface area (Å²) in [5.41, 5.74) is 11.1. The van der Waals surface area contributed by atoms with Gasteiger partial charge in [-0.1, -0.05) is 13.8 Å². The number of rotatable bonds is 1. The fourth-order valence-electron chi connectivity index (χ4n) is 0.779. The first-order valence-corrected chi connectivity index (χ1v) is 4.00. The highest BCUT2D eigenvalue weighted by Gasteiger charge is 2.01. The first-order valence-electron chi connectivity index (χ1n) is 4.00. The molecule has 1 rings (SSSR count). The van der Waals surface area contributed by atoms with E-state index in [-0.39, 0.29) is 11.5 Å². The van der Waals surface area contributed by atoms with Crippen molar-refractivity contribution in [2.24, 2.45) is 5.73 Å². The standard InChI is InChI=1S/C7H8FN3.C2H6/c8-4-1-2-5(7(10)11)6(9)3-4;1-2/h1-3H,9H2,(H3,10,11);1-2H3. The number of nitrogen functional groups attached to an aromatic ring is 2. The quantitative estimate of drug-likeness (QED) is 0.352. The van der Waals surface area contributed by atoms with Gasteiger partial charge in [0.15, 0.2) is 0 Å². The number of nitrogens with two attached hydrogens (primary N) is 2. The fraction of sp³-hybridized carbons (Fsp3) is 0.222. The van der Waals surface area contributed by atoms with Gasteiger partial charge < -0.3 is 11.5 Å². The third kappa shape index (κ3) is 3.11. The average Bonchev–Trinajstić information content (AvgIpc) is 2.07. The lowest BCUT2D eigenvalue weighted by Crippen LogP contribution is -2.13. The number of anilines is 1. The van der Waals surface area contributed by atoms with Crippen LogP contribution in [0, 0.1) is 11.2 Å². The summed E-state index contributed by atoms with van der Waals surface area (Å²) in [5.74, 6) is -0.574. The summed E-state index contributed by atoms with van der Waals surface area (Å²) in [6.07, 6.45) is 0. The van der Waals surface area contributed by atoms with E-state index in [1.807, 2.05) is 13.8 Å². The summed E-state index contributed by atoms with van der Waals surface area (Å²) in [4.78, 5) is 0. The van der Waals surface area contributed by atoms with Gasteiger partial charge in [0, 0.05) is 11.3 Å². The second kappa shape index (κ2) is 5.13. The Balaban J connectivity index is 0.000000671. The molecule has 0 unspecified atom stereocenters. The highest BCUT2D eigenvalue weighted by Crippen LogP contribution is 2.11. The van der Waals surface area contributed by atoms with Gasteiger partial charge in [-0.3, -0.25) is 5.41 Å². The molecule has 0 aliphatic heterocycles. The number of hydrogen-bond donors (Lipinski definition) is 3. The van der Waals surface area contributed by atoms with E-state index in [4.69, 9.17) is 16.9 Å². The zero-order valence-electron chi connectivity index (χ0n) is 7.76. The van der Waals surface area contributed by atoms with Crippen molar-refractivity contribution in [3.63, 3.8) is 0 Å². The molecule has 1 aromatic carbocycles. The minimum atomic E-state index is -0.424. The van der Waals surface area contributed by atoms with Crippen LogP contribution in [0.15, 0.2) is 18.2 Å². The molecule has 0 bridgehead atoms. The predicted octanol–water partition coefficient (Wildman–Crippen LogP) is 1.72. The van der Waals surface area contributed by atoms with Crippen molar-refractivity contribution in [2.75, 3.05) is 5.73 Å². The van der Waals surface area contributed by atoms with Gasteiger partial charge in [-0.15, -0.1) is 0 Å². The Kier molecular flexibility index (Phi) is 4.51. The van der Waals surface area contributed by atoms with Crippen molar-refractivity contribution < 1.29 is 4.39 Å². The number of nitrogens with one attached hydrogen (secondary N) is 1. The maximum Gasteiger partial charge on any atom is 0.125 e. The largest absolute Gasteiger partial charge is 0.398 e. The molecule has 0 aliphatic rings. The Morgan fingerprint density at radius 1 is 1.38 bits per heavy atom. The Hall–Kier alpha value is -1.58. The summed E-state index contributed by atoms with van der Waals surface area (Å²) in [5, 5.41) is 7.02. The van der Waals surface area contributed by atoms with E-state index in [2.05, 4.69) is 0 Å². The van der Waals surface area contributed by atoms with Crippen LogP contribution in [-0.4, -0.2) is 5.84 Å². The van der Waals surface area contributed by atoms with Crippen molar-refractivity contribution in [1.29, 1.82) is 5.41 Å². The maximum absolute atomic E-state index is 12.4. The molecule has 0 saturated heterocycles. The van der Waals surface area contributed by atoms with Gasteiger partial charge in [0.2, 0.25) is 0 Å². The second-order valence-electron chi connectivity index (χ2n) is 2.15. The summed E-state index contributed by atoms with van der Waals surface area (Å²) in [7, 11) is 0. The molecule has 0 fully saturated rings. The smallest absolute Gasteiger partial charge is 0.125 e. The van der Waals surface area contributed by atoms with Gasteiger partial charge >= 0.3 is 0 Å². The van der Waals surface area contributed by atoms with E-state index < -0.39 is 5.82 Å². The molecule has 0 aromatic heterocycles. The summed E-state index contributed by atoms with van der Waals surface area (Å²) in [6, 6.07) is 3.73. The predicted molar refractivity (Wildman–Crippen MR) is 53.2 cm³/mol. The van der Waals surface area contributed by atoms with Crippen LogP contribution in [0.2, 0.25) is 0 Å². The molecule has 0 radical (unpaired) electrons. The molecule has 1 aromatic rings. The number of amidine groups is 1. The molecule has 0 amide bonds. The number of halogens is 1. The van der Waals surface area contributed by atoms with Gasteiger partial charge in [-0.05, 0) is 18.2 Å². The molecule has 13 heavy (non-hydrogen) atoms. The Morgan fingerprint density at radius 2 is 1.92 bits per heavy atom. The van der Waals surface area contributed by atoms with Crippen LogP contribution >= 0.6 is 0 Å². The first-order chi connectivity index (χ1) is 6.11. The zero-order valence-corrected chi connectivity index (χ0v) is 7.76. The Labute approximate surface area is 77.1 Å². The van der Waals surface area contributed by atoms with Crippen molar-refractivity contribution in [2.45, 2.75) is 13.8 Å². The monoisotopic (exact) mass is 183 g/mol. The summed E-state index contributed by atoms with van der Waals surface area (Å²) >= 11 is 0. The maximum atomic E-state index is 12.4. The highest BCUT2D eigenvalue weighted by molar-refractivity contribution is 5.99. The van der Waals surface area contributed by atoms with E-state index in [1.165, 1.54) is 12.1 Å². The first kappa shape index (κ1) is 11.4. The van der Waals surface area contributed by atoms with E-state index in [0.717, 1.165) is 6.07 Å². The van der Waals surface area contributed by atoms with Gasteiger partial charge in [0.05, 0.1) is 0 Å². The van der Waals surface area contributed by atoms with Gasteiger partial charge in [-0.2, -0.15) is 0 Å². The molecular formula is C9H14FN3. The van der Waals surface area contributed by atoms with Gasteiger partial charge in [-0.25, -0.2) is 4.39 Å². The van der Waals surface area contributed by atoms with Crippen LogP contribution in [0.1, 0.15) is 19.4 Å². The molecule has 0 spiro atoms. The minimum Gasteiger partial charge on any atom is -0.398 e. The van der Waals surface area contributed by atoms with Crippen LogP contribution in [0.4, 0.5) is 10.1 Å². The molecule has 0 saturated carbocycles. The molecule has 4 heteroatoms. The third-order valence-corrected chi connectivity index (χ3v) is 1.30. The lowest BCUT2D eigenvalue weighted by atomic mass is 10.1. The normalized spacial score (nSPS) is 8.54. The van der Waals surface area contributed by atoms with Gasteiger partial charge in [0.1, 0.15) is 11.7 Å². The second-order valence-corrected chi connectivity index (χ2v) is 2.15. The zero-order chi connectivity index (χ0) is 10.4. The number of hydrogen-bond acceptors (Lipinski definition) is 2. The van der Waals surface area contributed by atoms with E-state index >= 15 is 0 Å². The van der Waals surface area contributed by atoms with Gasteiger partial charge in [0.25, 0.3) is 0 Å². The van der Waals surface area contributed by atoms with Crippen molar-refractivity contribution in [1.82, 2.24) is 0 Å². The summed E-state index contributed by atoms with van der Waals surface area (Å²) in [6.45, 7) is 4.00. The van der Waals surface area contributed by atoms with E-state index in [9.17, 15) is 4.39 Å². The Bertz CT molecular complexity index is 297. The molecule has 0 heterocycles. The molecule has 72 valence electrons. The van der Waals surface area contributed by atoms with Crippen molar-refractivity contribution >= 4 is 11.5 Å². The number of benzene rings is 1. The van der Waals surface area contributed by atoms with Crippen molar-refractivity contribution in [3.05, 3.63) is 29.6 Å². The lowest BCUT2D eigenvalue weighted by Gasteiger charge is -2.01. The third-order valence-electron chi connectivity index (χ3n) is 1.30. The molecule has 0 atom stereocenters. The van der Waals surface area contributed by atoms with Crippen LogP contribution < -0.4 is 11.5 Å². The van der Waals surface area contributed by atoms with E-state index in [0.29, 0.717) is 5.56 Å². The van der Waals surface area contributed by atoms with E-state index in [1.54, 1.807) is 0 Å². The average molecular weight is 183 g/mol. The fourth-order valence-corrected chi connectivity index (χ4v) is 0.779. The van der Waals surface area contributed by atoms with Crippen molar-refractivity contribution in [3.8, 4) is 0 Å². The molecule has 5 N–H and O–H groups in total. The molecular weight excluding hydrogens is 169 g/mol. The Morgan fingerprint density at radius 3 is 2.31 bits per heavy atom. The summed E-state index contributed by atoms with van der Waals surface area (Å²) < 4.78 is 12.4. The molecule has 3 nitrogen and oxygen atoms in total. The van der Waals surface area contributed by atoms with Crippen LogP contribution in [0.25, 0.3) is 0 Å². The minimum absolute atomic E-state index is 0.150. The lowest BCUT2D eigenvalue weighted by molar-refractivity contribution is 0.628. The topological polar surface area (TPSA) is 75.9 Å².